The monoisotopic (exact) mass is 457 g/mol. The molecule has 1 heterocycles. The Morgan fingerprint density at radius 2 is 1.47 bits per heavy atom. The van der Waals surface area contributed by atoms with Gasteiger partial charge in [-0.1, -0.05) is 86.6 Å². The molecule has 1 atom stereocenters. The predicted molar refractivity (Wildman–Crippen MR) is 141 cm³/mol. The van der Waals surface area contributed by atoms with Crippen LogP contribution in [0.3, 0.4) is 0 Å². The summed E-state index contributed by atoms with van der Waals surface area (Å²) in [5, 5.41) is 0. The molecule has 4 nitrogen and oxygen atoms in total. The Morgan fingerprint density at radius 3 is 2.15 bits per heavy atom. The van der Waals surface area contributed by atoms with E-state index in [1.165, 1.54) is 16.7 Å². The number of rotatable bonds is 11. The Bertz CT molecular complexity index is 957. The summed E-state index contributed by atoms with van der Waals surface area (Å²) < 4.78 is 5.97. The molecule has 1 saturated heterocycles. The van der Waals surface area contributed by atoms with Gasteiger partial charge in [-0.05, 0) is 41.9 Å². The minimum absolute atomic E-state index is 0.444. The normalized spacial score (nSPS) is 17.2. The van der Waals surface area contributed by atoms with Gasteiger partial charge in [-0.3, -0.25) is 9.80 Å². The van der Waals surface area contributed by atoms with Gasteiger partial charge in [0.2, 0.25) is 0 Å². The second kappa shape index (κ2) is 12.7. The van der Waals surface area contributed by atoms with E-state index in [1.807, 2.05) is 18.2 Å². The van der Waals surface area contributed by atoms with Crippen LogP contribution < -0.4 is 4.74 Å². The Morgan fingerprint density at radius 1 is 0.794 bits per heavy atom. The van der Waals surface area contributed by atoms with Gasteiger partial charge in [0.25, 0.3) is 0 Å². The van der Waals surface area contributed by atoms with Crippen LogP contribution in [-0.2, 0) is 13.2 Å². The van der Waals surface area contributed by atoms with Gasteiger partial charge >= 0.3 is 0 Å². The summed E-state index contributed by atoms with van der Waals surface area (Å²) in [4.78, 5) is 7.81. The van der Waals surface area contributed by atoms with Gasteiger partial charge in [0.1, 0.15) is 12.4 Å². The maximum atomic E-state index is 5.97. The molecule has 34 heavy (non-hydrogen) atoms. The summed E-state index contributed by atoms with van der Waals surface area (Å²) in [7, 11) is 0. The fourth-order valence-electron chi connectivity index (χ4n) is 4.78. The fourth-order valence-corrected chi connectivity index (χ4v) is 4.78. The lowest BCUT2D eigenvalue weighted by molar-refractivity contribution is 0.0615. The molecule has 0 aliphatic carbocycles. The van der Waals surface area contributed by atoms with E-state index in [-0.39, 0.29) is 0 Å². The van der Waals surface area contributed by atoms with E-state index in [0.29, 0.717) is 12.6 Å². The van der Waals surface area contributed by atoms with Crippen molar-refractivity contribution >= 4 is 0 Å². The number of ether oxygens (including phenoxy) is 1. The van der Waals surface area contributed by atoms with E-state index >= 15 is 0 Å². The first-order valence-electron chi connectivity index (χ1n) is 12.7. The highest BCUT2D eigenvalue weighted by Gasteiger charge is 2.28. The highest BCUT2D eigenvalue weighted by atomic mass is 16.5. The van der Waals surface area contributed by atoms with Crippen LogP contribution in [0.15, 0.2) is 84.9 Å². The van der Waals surface area contributed by atoms with Crippen LogP contribution in [0.25, 0.3) is 0 Å². The summed E-state index contributed by atoms with van der Waals surface area (Å²) in [6, 6.07) is 30.4. The van der Waals surface area contributed by atoms with Crippen molar-refractivity contribution in [1.29, 1.82) is 0 Å². The molecule has 0 saturated carbocycles. The standard InChI is InChI=1S/C30H39N3O/c1-3-31(4-2)19-21-33-22-20-32(24-30(33)28-13-9-6-10-14-28)23-26-15-17-29(18-16-26)34-25-27-11-7-5-8-12-27/h5-18,30H,3-4,19-25H2,1-2H3. The first kappa shape index (κ1) is 24.5. The van der Waals surface area contributed by atoms with Crippen LogP contribution in [0.5, 0.6) is 5.75 Å². The minimum Gasteiger partial charge on any atom is -0.489 e. The van der Waals surface area contributed by atoms with E-state index in [0.717, 1.165) is 58.1 Å². The van der Waals surface area contributed by atoms with Crippen molar-refractivity contribution in [2.45, 2.75) is 33.0 Å². The van der Waals surface area contributed by atoms with Crippen molar-refractivity contribution in [1.82, 2.24) is 14.7 Å². The molecule has 3 aromatic rings. The molecule has 4 heteroatoms. The third kappa shape index (κ3) is 6.92. The molecule has 1 fully saturated rings. The average molecular weight is 458 g/mol. The third-order valence-corrected chi connectivity index (χ3v) is 6.94. The second-order valence-electron chi connectivity index (χ2n) is 9.14. The molecule has 0 spiro atoms. The molecule has 4 rings (SSSR count). The largest absolute Gasteiger partial charge is 0.489 e. The zero-order chi connectivity index (χ0) is 23.6. The van der Waals surface area contributed by atoms with Gasteiger partial charge in [0.15, 0.2) is 0 Å². The molecule has 1 unspecified atom stereocenters. The molecule has 3 aromatic carbocycles. The average Bonchev–Trinajstić information content (AvgIpc) is 2.90. The van der Waals surface area contributed by atoms with Crippen molar-refractivity contribution in [3.05, 3.63) is 102 Å². The lowest BCUT2D eigenvalue weighted by Gasteiger charge is -2.42. The zero-order valence-electron chi connectivity index (χ0n) is 20.8. The highest BCUT2D eigenvalue weighted by Crippen LogP contribution is 2.26. The smallest absolute Gasteiger partial charge is 0.119 e. The zero-order valence-corrected chi connectivity index (χ0v) is 20.8. The van der Waals surface area contributed by atoms with E-state index in [1.54, 1.807) is 0 Å². The van der Waals surface area contributed by atoms with Crippen molar-refractivity contribution in [3.63, 3.8) is 0 Å². The van der Waals surface area contributed by atoms with E-state index in [4.69, 9.17) is 4.74 Å². The van der Waals surface area contributed by atoms with Crippen LogP contribution in [-0.4, -0.2) is 60.5 Å². The molecule has 0 bridgehead atoms. The summed E-state index contributed by atoms with van der Waals surface area (Å²) >= 11 is 0. The van der Waals surface area contributed by atoms with Gasteiger partial charge < -0.3 is 9.64 Å². The van der Waals surface area contributed by atoms with Crippen molar-refractivity contribution in [3.8, 4) is 5.75 Å². The second-order valence-corrected chi connectivity index (χ2v) is 9.14. The lowest BCUT2D eigenvalue weighted by Crippen LogP contribution is -2.49. The molecule has 1 aliphatic heterocycles. The van der Waals surface area contributed by atoms with Gasteiger partial charge in [-0.15, -0.1) is 0 Å². The number of benzene rings is 3. The van der Waals surface area contributed by atoms with Gasteiger partial charge in [-0.2, -0.15) is 0 Å². The predicted octanol–water partition coefficient (Wildman–Crippen LogP) is 5.47. The fraction of sp³-hybridized carbons (Fsp3) is 0.400. The summed E-state index contributed by atoms with van der Waals surface area (Å²) in [5.74, 6) is 0.927. The van der Waals surface area contributed by atoms with Gasteiger partial charge in [0.05, 0.1) is 0 Å². The van der Waals surface area contributed by atoms with Crippen LogP contribution in [0.2, 0.25) is 0 Å². The Labute approximate surface area is 205 Å². The number of piperazine rings is 1. The maximum Gasteiger partial charge on any atom is 0.119 e. The van der Waals surface area contributed by atoms with Crippen molar-refractivity contribution < 1.29 is 4.74 Å². The van der Waals surface area contributed by atoms with Crippen LogP contribution in [0, 0.1) is 0 Å². The molecule has 0 amide bonds. The topological polar surface area (TPSA) is 19.0 Å². The van der Waals surface area contributed by atoms with Crippen LogP contribution >= 0.6 is 0 Å². The van der Waals surface area contributed by atoms with E-state index in [9.17, 15) is 0 Å². The first-order valence-corrected chi connectivity index (χ1v) is 12.7. The van der Waals surface area contributed by atoms with Crippen molar-refractivity contribution in [2.75, 3.05) is 45.8 Å². The van der Waals surface area contributed by atoms with Crippen LogP contribution in [0.4, 0.5) is 0 Å². The first-order chi connectivity index (χ1) is 16.7. The molecule has 1 aliphatic rings. The molecule has 0 N–H and O–H groups in total. The van der Waals surface area contributed by atoms with Crippen LogP contribution in [0.1, 0.15) is 36.6 Å². The lowest BCUT2D eigenvalue weighted by atomic mass is 10.0. The molecule has 0 radical (unpaired) electrons. The number of likely N-dealkylation sites (N-methyl/N-ethyl adjacent to an activating group) is 1. The summed E-state index contributed by atoms with van der Waals surface area (Å²) in [6.07, 6.45) is 0. The molecular formula is C30H39N3O. The van der Waals surface area contributed by atoms with E-state index in [2.05, 4.69) is 95.3 Å². The summed E-state index contributed by atoms with van der Waals surface area (Å²) in [5.41, 5.74) is 3.96. The Hall–Kier alpha value is -2.66. The summed E-state index contributed by atoms with van der Waals surface area (Å²) in [6.45, 7) is 13.9. The Kier molecular flexibility index (Phi) is 9.14. The SMILES string of the molecule is CCN(CC)CCN1CCN(Cc2ccc(OCc3ccccc3)cc2)CC1c1ccccc1. The maximum absolute atomic E-state index is 5.97. The third-order valence-electron chi connectivity index (χ3n) is 6.94. The van der Waals surface area contributed by atoms with E-state index < -0.39 is 0 Å². The van der Waals surface area contributed by atoms with Crippen molar-refractivity contribution in [2.24, 2.45) is 0 Å². The number of nitrogens with zero attached hydrogens (tertiary/aromatic N) is 3. The quantitative estimate of drug-likeness (QED) is 0.380. The minimum atomic E-state index is 0.444. The van der Waals surface area contributed by atoms with Gasteiger partial charge in [-0.25, -0.2) is 0 Å². The Balaban J connectivity index is 1.35. The highest BCUT2D eigenvalue weighted by molar-refractivity contribution is 5.28. The molecule has 180 valence electrons. The van der Waals surface area contributed by atoms with Gasteiger partial charge in [0, 0.05) is 45.3 Å². The number of hydrogen-bond acceptors (Lipinski definition) is 4. The molecular weight excluding hydrogens is 418 g/mol. The molecule has 0 aromatic heterocycles. The number of hydrogen-bond donors (Lipinski definition) is 0.